The van der Waals surface area contributed by atoms with Crippen LogP contribution < -0.4 is 5.32 Å². The Morgan fingerprint density at radius 1 is 1.11 bits per heavy atom. The molecule has 3 N–H and O–H groups in total. The number of rotatable bonds is 3. The molecule has 104 valence electrons. The van der Waals surface area contributed by atoms with Crippen LogP contribution in [0.15, 0.2) is 18.2 Å². The summed E-state index contributed by atoms with van der Waals surface area (Å²) < 4.78 is 0. The molecule has 1 heterocycles. The molecular weight excluding hydrogens is 240 g/mol. The van der Waals surface area contributed by atoms with E-state index in [1.807, 2.05) is 6.07 Å². The molecule has 1 aromatic carbocycles. The summed E-state index contributed by atoms with van der Waals surface area (Å²) >= 11 is 0. The van der Waals surface area contributed by atoms with Crippen LogP contribution in [0.25, 0.3) is 0 Å². The maximum absolute atomic E-state index is 9.74. The van der Waals surface area contributed by atoms with Gasteiger partial charge in [-0.2, -0.15) is 0 Å². The van der Waals surface area contributed by atoms with Crippen molar-refractivity contribution in [3.8, 4) is 11.5 Å². The van der Waals surface area contributed by atoms with Crippen LogP contribution in [0.2, 0.25) is 0 Å². The third-order valence-corrected chi connectivity index (χ3v) is 4.48. The van der Waals surface area contributed by atoms with Crippen LogP contribution in [0.5, 0.6) is 11.5 Å². The first-order valence-corrected chi connectivity index (χ1v) is 7.22. The zero-order valence-corrected chi connectivity index (χ0v) is 11.2. The van der Waals surface area contributed by atoms with Crippen LogP contribution in [0, 0.1) is 5.92 Å². The lowest BCUT2D eigenvalue weighted by Gasteiger charge is -2.43. The second-order valence-corrected chi connectivity index (χ2v) is 5.67. The summed E-state index contributed by atoms with van der Waals surface area (Å²) in [6, 6.07) is 5.70. The molecule has 4 nitrogen and oxygen atoms in total. The Labute approximate surface area is 114 Å². The molecule has 19 heavy (non-hydrogen) atoms. The first kappa shape index (κ1) is 12.8. The van der Waals surface area contributed by atoms with Gasteiger partial charge < -0.3 is 15.5 Å². The average Bonchev–Trinajstić information content (AvgIpc) is 2.38. The van der Waals surface area contributed by atoms with Gasteiger partial charge in [0.2, 0.25) is 0 Å². The number of hydrogen-bond acceptors (Lipinski definition) is 4. The molecule has 1 saturated carbocycles. The highest BCUT2D eigenvalue weighted by Gasteiger charge is 2.33. The molecule has 0 amide bonds. The van der Waals surface area contributed by atoms with E-state index in [9.17, 15) is 10.2 Å². The number of phenolic OH excluding ortho intramolecular Hbond substituents is 2. The van der Waals surface area contributed by atoms with E-state index in [-0.39, 0.29) is 11.5 Å². The molecule has 2 aliphatic rings. The van der Waals surface area contributed by atoms with E-state index >= 15 is 0 Å². The van der Waals surface area contributed by atoms with Crippen LogP contribution in [0.4, 0.5) is 0 Å². The van der Waals surface area contributed by atoms with E-state index < -0.39 is 0 Å². The Hall–Kier alpha value is -1.26. The van der Waals surface area contributed by atoms with Gasteiger partial charge in [0.25, 0.3) is 0 Å². The highest BCUT2D eigenvalue weighted by Crippen LogP contribution is 2.43. The second kappa shape index (κ2) is 5.39. The molecule has 0 bridgehead atoms. The van der Waals surface area contributed by atoms with Crippen molar-refractivity contribution < 1.29 is 10.2 Å². The van der Waals surface area contributed by atoms with Crippen molar-refractivity contribution in [2.45, 2.75) is 25.3 Å². The van der Waals surface area contributed by atoms with Crippen LogP contribution in [0.3, 0.4) is 0 Å². The molecule has 1 aliphatic carbocycles. The standard InChI is InChI=1S/C15H22N2O2/c18-13-5-4-12(10-14(13)19)15(11-2-1-3-11)17-8-6-16-7-9-17/h4-5,10-11,15-16,18-19H,1-3,6-9H2/t15-/m1/s1. The fourth-order valence-corrected chi connectivity index (χ4v) is 3.22. The maximum Gasteiger partial charge on any atom is 0.157 e. The van der Waals surface area contributed by atoms with Crippen molar-refractivity contribution in [2.24, 2.45) is 5.92 Å². The van der Waals surface area contributed by atoms with Gasteiger partial charge in [0.15, 0.2) is 11.5 Å². The molecule has 1 aliphatic heterocycles. The Kier molecular flexibility index (Phi) is 3.62. The highest BCUT2D eigenvalue weighted by atomic mass is 16.3. The lowest BCUT2D eigenvalue weighted by Crippen LogP contribution is -2.47. The number of aromatic hydroxyl groups is 2. The zero-order chi connectivity index (χ0) is 13.2. The van der Waals surface area contributed by atoms with E-state index in [4.69, 9.17) is 0 Å². The number of nitrogens with one attached hydrogen (secondary N) is 1. The molecule has 0 spiro atoms. The molecule has 1 saturated heterocycles. The molecule has 0 unspecified atom stereocenters. The molecule has 0 aromatic heterocycles. The maximum atomic E-state index is 9.74. The van der Waals surface area contributed by atoms with Crippen molar-refractivity contribution in [1.29, 1.82) is 0 Å². The minimum absolute atomic E-state index is 0.00282. The number of nitrogens with zero attached hydrogens (tertiary/aromatic N) is 1. The SMILES string of the molecule is Oc1ccc([C@@H](C2CCC2)N2CCNCC2)cc1O. The summed E-state index contributed by atoms with van der Waals surface area (Å²) in [5.41, 5.74) is 1.14. The molecule has 4 heteroatoms. The minimum Gasteiger partial charge on any atom is -0.504 e. The topological polar surface area (TPSA) is 55.7 Å². The predicted molar refractivity (Wildman–Crippen MR) is 74.3 cm³/mol. The van der Waals surface area contributed by atoms with Crippen LogP contribution >= 0.6 is 0 Å². The Morgan fingerprint density at radius 2 is 1.84 bits per heavy atom. The summed E-state index contributed by atoms with van der Waals surface area (Å²) in [6.45, 7) is 4.19. The normalized spacial score (nSPS) is 22.9. The molecule has 2 fully saturated rings. The summed E-state index contributed by atoms with van der Waals surface area (Å²) in [5.74, 6) is 0.662. The van der Waals surface area contributed by atoms with Gasteiger partial charge in [-0.25, -0.2) is 0 Å². The fourth-order valence-electron chi connectivity index (χ4n) is 3.22. The lowest BCUT2D eigenvalue weighted by atomic mass is 9.76. The van der Waals surface area contributed by atoms with Gasteiger partial charge in [0, 0.05) is 32.2 Å². The minimum atomic E-state index is -0.0311. The lowest BCUT2D eigenvalue weighted by molar-refractivity contribution is 0.0835. The monoisotopic (exact) mass is 262 g/mol. The summed E-state index contributed by atoms with van der Waals surface area (Å²) in [6.07, 6.45) is 3.86. The molecule has 3 rings (SSSR count). The van der Waals surface area contributed by atoms with Gasteiger partial charge in [-0.05, 0) is 36.5 Å². The van der Waals surface area contributed by atoms with E-state index in [1.165, 1.54) is 19.3 Å². The highest BCUT2D eigenvalue weighted by molar-refractivity contribution is 5.41. The van der Waals surface area contributed by atoms with Gasteiger partial charge >= 0.3 is 0 Å². The van der Waals surface area contributed by atoms with Crippen molar-refractivity contribution in [3.63, 3.8) is 0 Å². The molecular formula is C15H22N2O2. The molecule has 0 radical (unpaired) electrons. The van der Waals surface area contributed by atoms with Gasteiger partial charge in [0.05, 0.1) is 0 Å². The van der Waals surface area contributed by atoms with Crippen LogP contribution in [-0.2, 0) is 0 Å². The predicted octanol–water partition coefficient (Wildman–Crippen LogP) is 1.84. The van der Waals surface area contributed by atoms with Crippen molar-refractivity contribution in [3.05, 3.63) is 23.8 Å². The van der Waals surface area contributed by atoms with Crippen molar-refractivity contribution in [1.82, 2.24) is 10.2 Å². The third-order valence-electron chi connectivity index (χ3n) is 4.48. The van der Waals surface area contributed by atoms with Crippen LogP contribution in [-0.4, -0.2) is 41.3 Å². The van der Waals surface area contributed by atoms with Crippen LogP contribution in [0.1, 0.15) is 30.9 Å². The first-order valence-electron chi connectivity index (χ1n) is 7.22. The quantitative estimate of drug-likeness (QED) is 0.728. The van der Waals surface area contributed by atoms with Gasteiger partial charge in [0.1, 0.15) is 0 Å². The first-order chi connectivity index (χ1) is 9.25. The molecule has 1 atom stereocenters. The van der Waals surface area contributed by atoms with Gasteiger partial charge in [-0.1, -0.05) is 12.5 Å². The summed E-state index contributed by atoms with van der Waals surface area (Å²) in [5, 5.41) is 22.6. The largest absolute Gasteiger partial charge is 0.504 e. The van der Waals surface area contributed by atoms with E-state index in [0.717, 1.165) is 31.7 Å². The Bertz CT molecular complexity index is 440. The second-order valence-electron chi connectivity index (χ2n) is 5.67. The van der Waals surface area contributed by atoms with Gasteiger partial charge in [-0.15, -0.1) is 0 Å². The van der Waals surface area contributed by atoms with E-state index in [1.54, 1.807) is 12.1 Å². The third kappa shape index (κ3) is 2.55. The number of phenols is 2. The number of hydrogen-bond donors (Lipinski definition) is 3. The summed E-state index contributed by atoms with van der Waals surface area (Å²) in [4.78, 5) is 2.52. The van der Waals surface area contributed by atoms with E-state index in [2.05, 4.69) is 10.2 Å². The Morgan fingerprint density at radius 3 is 2.42 bits per heavy atom. The molecule has 1 aromatic rings. The van der Waals surface area contributed by atoms with Crippen molar-refractivity contribution >= 4 is 0 Å². The van der Waals surface area contributed by atoms with E-state index in [0.29, 0.717) is 12.0 Å². The van der Waals surface area contributed by atoms with Crippen molar-refractivity contribution in [2.75, 3.05) is 26.2 Å². The number of piperazine rings is 1. The number of benzene rings is 1. The average molecular weight is 262 g/mol. The smallest absolute Gasteiger partial charge is 0.157 e. The Balaban J connectivity index is 1.86. The fraction of sp³-hybridized carbons (Fsp3) is 0.600. The zero-order valence-electron chi connectivity index (χ0n) is 11.2. The summed E-state index contributed by atoms with van der Waals surface area (Å²) in [7, 11) is 0. The van der Waals surface area contributed by atoms with Gasteiger partial charge in [-0.3, -0.25) is 4.90 Å².